The molecule has 0 aliphatic heterocycles. The summed E-state index contributed by atoms with van der Waals surface area (Å²) >= 11 is 11.6. The van der Waals surface area contributed by atoms with E-state index in [1.165, 1.54) is 24.4 Å². The number of ether oxygens (including phenoxy) is 1. The van der Waals surface area contributed by atoms with Gasteiger partial charge in [0, 0.05) is 42.2 Å². The molecule has 11 heteroatoms. The van der Waals surface area contributed by atoms with Crippen molar-refractivity contribution in [3.05, 3.63) is 71.2 Å². The second-order valence-corrected chi connectivity index (χ2v) is 7.10. The molecule has 0 atom stereocenters. The van der Waals surface area contributed by atoms with E-state index in [0.29, 0.717) is 40.6 Å². The van der Waals surface area contributed by atoms with E-state index in [4.69, 9.17) is 39.1 Å². The van der Waals surface area contributed by atoms with Crippen molar-refractivity contribution in [3.63, 3.8) is 0 Å². The summed E-state index contributed by atoms with van der Waals surface area (Å²) < 4.78 is 21.1. The van der Waals surface area contributed by atoms with Gasteiger partial charge in [-0.25, -0.2) is 18.9 Å². The van der Waals surface area contributed by atoms with Gasteiger partial charge < -0.3 is 10.5 Å². The van der Waals surface area contributed by atoms with Gasteiger partial charge in [0.15, 0.2) is 23.0 Å². The number of rotatable bonds is 6. The smallest absolute Gasteiger partial charge is 0.167 e. The molecule has 0 spiro atoms. The quantitative estimate of drug-likeness (QED) is 0.245. The number of fused-ring (bicyclic) bond motifs is 1. The summed E-state index contributed by atoms with van der Waals surface area (Å²) in [6, 6.07) is 8.96. The summed E-state index contributed by atoms with van der Waals surface area (Å²) in [5.41, 5.74) is 7.17. The summed E-state index contributed by atoms with van der Waals surface area (Å²) in [7, 11) is 0. The van der Waals surface area contributed by atoms with Crippen molar-refractivity contribution in [1.82, 2.24) is 19.6 Å². The molecule has 0 aliphatic rings. The van der Waals surface area contributed by atoms with E-state index in [2.05, 4.69) is 20.1 Å². The van der Waals surface area contributed by atoms with E-state index in [1.54, 1.807) is 35.1 Å². The van der Waals surface area contributed by atoms with Crippen molar-refractivity contribution in [2.75, 3.05) is 5.73 Å². The number of aromatic nitrogens is 4. The second-order valence-electron chi connectivity index (χ2n) is 6.34. The molecule has 156 valence electrons. The average molecular weight is 458 g/mol. The van der Waals surface area contributed by atoms with Crippen LogP contribution in [0.15, 0.2) is 53.8 Å². The maximum atomic E-state index is 13.9. The lowest BCUT2D eigenvalue weighted by atomic mass is 10.2. The zero-order chi connectivity index (χ0) is 22.0. The number of benzene rings is 1. The van der Waals surface area contributed by atoms with Crippen molar-refractivity contribution in [2.24, 2.45) is 4.99 Å². The van der Waals surface area contributed by atoms with Gasteiger partial charge in [-0.15, -0.1) is 0 Å². The summed E-state index contributed by atoms with van der Waals surface area (Å²) in [5.74, 6) is 0.410. The first-order chi connectivity index (χ1) is 14.9. The van der Waals surface area contributed by atoms with Gasteiger partial charge in [0.1, 0.15) is 16.1 Å². The Bertz CT molecular complexity index is 1320. The predicted octanol–water partition coefficient (Wildman–Crippen LogP) is 4.80. The van der Waals surface area contributed by atoms with Crippen LogP contribution in [-0.4, -0.2) is 31.0 Å². The summed E-state index contributed by atoms with van der Waals surface area (Å²) in [4.78, 5) is 12.7. The minimum absolute atomic E-state index is 0.0580. The normalized spacial score (nSPS) is 11.3. The van der Waals surface area contributed by atoms with Gasteiger partial charge in [-0.2, -0.15) is 5.10 Å². The molecule has 1 aromatic carbocycles. The maximum Gasteiger partial charge on any atom is 0.167 e. The Morgan fingerprint density at radius 2 is 2.13 bits per heavy atom. The minimum Gasteiger partial charge on any atom is -0.454 e. The van der Waals surface area contributed by atoms with Gasteiger partial charge >= 0.3 is 0 Å². The highest BCUT2D eigenvalue weighted by molar-refractivity contribution is 6.69. The highest BCUT2D eigenvalue weighted by Crippen LogP contribution is 2.26. The maximum absolute atomic E-state index is 13.9. The fourth-order valence-electron chi connectivity index (χ4n) is 2.71. The largest absolute Gasteiger partial charge is 0.454 e. The Balaban J connectivity index is 1.51. The van der Waals surface area contributed by atoms with Crippen molar-refractivity contribution < 1.29 is 9.13 Å². The number of hydrogen-bond donors (Lipinski definition) is 2. The number of nitrogens with two attached hydrogens (primary N) is 1. The number of halogens is 3. The van der Waals surface area contributed by atoms with Crippen molar-refractivity contribution >= 4 is 51.6 Å². The Hall–Kier alpha value is -3.56. The van der Waals surface area contributed by atoms with Gasteiger partial charge in [-0.3, -0.25) is 10.4 Å². The third-order valence-corrected chi connectivity index (χ3v) is 4.54. The number of nitrogen functional groups attached to an aromatic ring is 1. The summed E-state index contributed by atoms with van der Waals surface area (Å²) in [6.45, 7) is 0. The molecule has 0 amide bonds. The Morgan fingerprint density at radius 3 is 2.90 bits per heavy atom. The predicted molar refractivity (Wildman–Crippen MR) is 118 cm³/mol. The molecule has 3 heterocycles. The fraction of sp³-hybridized carbons (Fsp3) is 0.0500. The molecule has 31 heavy (non-hydrogen) atoms. The molecule has 0 saturated carbocycles. The highest BCUT2D eigenvalue weighted by atomic mass is 35.5. The van der Waals surface area contributed by atoms with E-state index < -0.39 is 5.82 Å². The highest BCUT2D eigenvalue weighted by Gasteiger charge is 2.09. The van der Waals surface area contributed by atoms with Crippen molar-refractivity contribution in [1.29, 1.82) is 5.41 Å². The van der Waals surface area contributed by atoms with Crippen LogP contribution in [0.25, 0.3) is 5.65 Å². The van der Waals surface area contributed by atoms with Crippen LogP contribution in [0.5, 0.6) is 11.5 Å². The first kappa shape index (κ1) is 20.7. The van der Waals surface area contributed by atoms with Gasteiger partial charge in [-0.1, -0.05) is 23.2 Å². The van der Waals surface area contributed by atoms with Gasteiger partial charge in [-0.05, 0) is 24.3 Å². The molecule has 4 rings (SSSR count). The van der Waals surface area contributed by atoms with Crippen LogP contribution < -0.4 is 10.5 Å². The van der Waals surface area contributed by atoms with Crippen LogP contribution in [0, 0.1) is 11.2 Å². The molecule has 0 unspecified atom stereocenters. The molecule has 4 aromatic rings. The molecule has 3 aromatic heterocycles. The van der Waals surface area contributed by atoms with Gasteiger partial charge in [0.25, 0.3) is 0 Å². The molecule has 0 fully saturated rings. The van der Waals surface area contributed by atoms with Gasteiger partial charge in [0.2, 0.25) is 0 Å². The van der Waals surface area contributed by atoms with E-state index in [1.807, 2.05) is 0 Å². The third kappa shape index (κ3) is 4.79. The van der Waals surface area contributed by atoms with E-state index >= 15 is 0 Å². The fourth-order valence-corrected chi connectivity index (χ4v) is 3.02. The van der Waals surface area contributed by atoms with Crippen LogP contribution >= 0.6 is 23.2 Å². The summed E-state index contributed by atoms with van der Waals surface area (Å²) in [6.07, 6.45) is 5.00. The zero-order valence-corrected chi connectivity index (χ0v) is 17.3. The standard InChI is InChI=1S/C20H14Cl2FN7O/c21-17-9-13(20(22)25)15(10-27-17)26-5-3-18-28-19-8-12(4-6-30(19)29-18)31-16-2-1-11(24)7-14(16)23/h1-2,4-10,25H,3,24H2. The average Bonchev–Trinajstić information content (AvgIpc) is 3.13. The van der Waals surface area contributed by atoms with Crippen LogP contribution in [0.4, 0.5) is 15.8 Å². The van der Waals surface area contributed by atoms with E-state index in [9.17, 15) is 4.39 Å². The van der Waals surface area contributed by atoms with E-state index in [0.717, 1.165) is 0 Å². The lowest BCUT2D eigenvalue weighted by Crippen LogP contribution is -1.94. The van der Waals surface area contributed by atoms with Crippen LogP contribution in [0.2, 0.25) is 5.15 Å². The number of anilines is 1. The lowest BCUT2D eigenvalue weighted by molar-refractivity contribution is 0.442. The Kier molecular flexibility index (Phi) is 5.79. The number of hydrogen-bond acceptors (Lipinski definition) is 7. The van der Waals surface area contributed by atoms with Crippen molar-refractivity contribution in [3.8, 4) is 11.5 Å². The lowest BCUT2D eigenvalue weighted by Gasteiger charge is -2.07. The topological polar surface area (TPSA) is 115 Å². The van der Waals surface area contributed by atoms with Gasteiger partial charge in [0.05, 0.1) is 11.9 Å². The van der Waals surface area contributed by atoms with E-state index in [-0.39, 0.29) is 16.1 Å². The minimum atomic E-state index is -0.556. The molecule has 0 aliphatic carbocycles. The second kappa shape index (κ2) is 8.66. The summed E-state index contributed by atoms with van der Waals surface area (Å²) in [5, 5.41) is 12.0. The monoisotopic (exact) mass is 457 g/mol. The number of nitrogens with one attached hydrogen (secondary N) is 1. The number of pyridine rings is 2. The molecule has 3 N–H and O–H groups in total. The van der Waals surface area contributed by atoms with Crippen molar-refractivity contribution in [2.45, 2.75) is 6.42 Å². The van der Waals surface area contributed by atoms with Crippen LogP contribution in [-0.2, 0) is 6.42 Å². The van der Waals surface area contributed by atoms with Crippen LogP contribution in [0.3, 0.4) is 0 Å². The molecule has 0 bridgehead atoms. The SMILES string of the molecule is N=C(Cl)c1cc(Cl)ncc1N=CCc1nc2cc(Oc3ccc(N)cc3F)ccn2n1. The number of aliphatic imine (C=N–C) groups is 1. The van der Waals surface area contributed by atoms with Crippen LogP contribution in [0.1, 0.15) is 11.4 Å². The Morgan fingerprint density at radius 1 is 1.29 bits per heavy atom. The molecule has 0 saturated heterocycles. The Labute approximate surface area is 185 Å². The first-order valence-electron chi connectivity index (χ1n) is 8.90. The molecule has 0 radical (unpaired) electrons. The molecular weight excluding hydrogens is 444 g/mol. The number of nitrogens with zero attached hydrogens (tertiary/aromatic N) is 5. The first-order valence-corrected chi connectivity index (χ1v) is 9.65. The zero-order valence-electron chi connectivity index (χ0n) is 15.8. The third-order valence-electron chi connectivity index (χ3n) is 4.13. The molecule has 8 nitrogen and oxygen atoms in total. The molecular formula is C20H14Cl2FN7O.